The van der Waals surface area contributed by atoms with Crippen LogP contribution in [0.2, 0.25) is 5.02 Å². The minimum Gasteiger partial charge on any atom is -0.495 e. The molecule has 1 saturated heterocycles. The van der Waals surface area contributed by atoms with Crippen LogP contribution in [0.4, 0.5) is 10.5 Å². The Morgan fingerprint density at radius 3 is 2.43 bits per heavy atom. The number of urea groups is 1. The number of hydrogen-bond acceptors (Lipinski definition) is 4. The van der Waals surface area contributed by atoms with Gasteiger partial charge in [0.25, 0.3) is 0 Å². The number of nitrogens with one attached hydrogen (secondary N) is 1. The van der Waals surface area contributed by atoms with Gasteiger partial charge in [-0.05, 0) is 39.0 Å². The van der Waals surface area contributed by atoms with E-state index in [-0.39, 0.29) is 12.1 Å². The number of methoxy groups -OCH3 is 2. The predicted molar refractivity (Wildman–Crippen MR) is 91.9 cm³/mol. The largest absolute Gasteiger partial charge is 0.495 e. The van der Waals surface area contributed by atoms with Gasteiger partial charge in [-0.2, -0.15) is 0 Å². The molecule has 23 heavy (non-hydrogen) atoms. The molecule has 2 rings (SSSR count). The molecule has 0 aromatic heterocycles. The maximum absolute atomic E-state index is 12.5. The van der Waals surface area contributed by atoms with E-state index in [0.29, 0.717) is 22.2 Å². The number of rotatable bonds is 4. The Labute approximate surface area is 142 Å². The van der Waals surface area contributed by atoms with Crippen molar-refractivity contribution < 1.29 is 14.3 Å². The van der Waals surface area contributed by atoms with Crippen LogP contribution in [0, 0.1) is 0 Å². The molecule has 1 aromatic carbocycles. The van der Waals surface area contributed by atoms with Crippen LogP contribution in [0.5, 0.6) is 11.5 Å². The zero-order valence-electron chi connectivity index (χ0n) is 14.1. The van der Waals surface area contributed by atoms with Gasteiger partial charge >= 0.3 is 6.03 Å². The maximum Gasteiger partial charge on any atom is 0.321 e. The highest BCUT2D eigenvalue weighted by atomic mass is 35.5. The van der Waals surface area contributed by atoms with Gasteiger partial charge in [-0.3, -0.25) is 0 Å². The molecule has 6 nitrogen and oxygen atoms in total. The number of amides is 2. The summed E-state index contributed by atoms with van der Waals surface area (Å²) in [5.74, 6) is 1.02. The van der Waals surface area contributed by atoms with Gasteiger partial charge in [0.2, 0.25) is 0 Å². The van der Waals surface area contributed by atoms with Crippen LogP contribution in [0.15, 0.2) is 12.1 Å². The van der Waals surface area contributed by atoms with Crippen molar-refractivity contribution in [3.8, 4) is 11.5 Å². The lowest BCUT2D eigenvalue weighted by Crippen LogP contribution is -2.46. The molecule has 2 amide bonds. The molecule has 1 N–H and O–H groups in total. The molecule has 1 heterocycles. The van der Waals surface area contributed by atoms with Gasteiger partial charge in [0.05, 0.1) is 24.9 Å². The van der Waals surface area contributed by atoms with E-state index in [1.54, 1.807) is 24.1 Å². The van der Waals surface area contributed by atoms with Crippen molar-refractivity contribution in [1.29, 1.82) is 0 Å². The summed E-state index contributed by atoms with van der Waals surface area (Å²) >= 11 is 6.14. The van der Waals surface area contributed by atoms with Crippen molar-refractivity contribution in [3.05, 3.63) is 17.2 Å². The van der Waals surface area contributed by atoms with Crippen molar-refractivity contribution in [2.24, 2.45) is 0 Å². The van der Waals surface area contributed by atoms with Gasteiger partial charge in [0, 0.05) is 19.2 Å². The molecule has 1 aliphatic rings. The second-order valence-corrected chi connectivity index (χ2v) is 6.17. The summed E-state index contributed by atoms with van der Waals surface area (Å²) in [4.78, 5) is 16.5. The smallest absolute Gasteiger partial charge is 0.321 e. The van der Waals surface area contributed by atoms with Gasteiger partial charge in [-0.15, -0.1) is 0 Å². The lowest BCUT2D eigenvalue weighted by atomic mass is 10.0. The minimum atomic E-state index is -0.168. The van der Waals surface area contributed by atoms with Crippen LogP contribution < -0.4 is 14.8 Å². The molecule has 0 spiro atoms. The molecule has 1 aromatic rings. The average Bonchev–Trinajstić information content (AvgIpc) is 2.55. The van der Waals surface area contributed by atoms with E-state index in [4.69, 9.17) is 21.1 Å². The van der Waals surface area contributed by atoms with Crippen LogP contribution in [-0.4, -0.2) is 63.3 Å². The summed E-state index contributed by atoms with van der Waals surface area (Å²) in [6, 6.07) is 3.37. The van der Waals surface area contributed by atoms with E-state index in [9.17, 15) is 4.79 Å². The molecule has 0 unspecified atom stereocenters. The zero-order chi connectivity index (χ0) is 17.0. The summed E-state index contributed by atoms with van der Waals surface area (Å²) < 4.78 is 10.5. The van der Waals surface area contributed by atoms with E-state index in [1.807, 2.05) is 7.05 Å². The van der Waals surface area contributed by atoms with Crippen LogP contribution in [0.25, 0.3) is 0 Å². The lowest BCUT2D eigenvalue weighted by molar-refractivity contribution is 0.156. The van der Waals surface area contributed by atoms with E-state index < -0.39 is 0 Å². The molecule has 0 atom stereocenters. The number of piperidine rings is 1. The lowest BCUT2D eigenvalue weighted by Gasteiger charge is -2.35. The molecular weight excluding hydrogens is 318 g/mol. The van der Waals surface area contributed by atoms with Crippen LogP contribution in [0.3, 0.4) is 0 Å². The summed E-state index contributed by atoms with van der Waals surface area (Å²) in [5, 5.41) is 3.29. The van der Waals surface area contributed by atoms with Gasteiger partial charge in [-0.25, -0.2) is 4.79 Å². The monoisotopic (exact) mass is 341 g/mol. The van der Waals surface area contributed by atoms with Crippen LogP contribution in [0.1, 0.15) is 12.8 Å². The molecule has 0 radical (unpaired) electrons. The molecular formula is C16H24ClN3O3. The first-order chi connectivity index (χ1) is 11.0. The standard InChI is InChI=1S/C16H24ClN3O3/c1-19-7-5-11(6-8-19)20(2)16(21)18-13-9-12(17)14(22-3)10-15(13)23-4/h9-11H,5-8H2,1-4H3,(H,18,21). The molecule has 0 saturated carbocycles. The highest BCUT2D eigenvalue weighted by Gasteiger charge is 2.24. The molecule has 0 aliphatic carbocycles. The number of anilines is 1. The second-order valence-electron chi connectivity index (χ2n) is 5.76. The van der Waals surface area contributed by atoms with Crippen molar-refractivity contribution in [3.63, 3.8) is 0 Å². The fourth-order valence-corrected chi connectivity index (χ4v) is 2.95. The topological polar surface area (TPSA) is 54.0 Å². The van der Waals surface area contributed by atoms with Crippen LogP contribution in [-0.2, 0) is 0 Å². The number of likely N-dealkylation sites (tertiary alicyclic amines) is 1. The average molecular weight is 342 g/mol. The van der Waals surface area contributed by atoms with E-state index >= 15 is 0 Å². The number of hydrogen-bond donors (Lipinski definition) is 1. The SMILES string of the molecule is COc1cc(OC)c(NC(=O)N(C)C2CCN(C)CC2)cc1Cl. The fourth-order valence-electron chi connectivity index (χ4n) is 2.71. The number of carbonyl (C=O) groups excluding carboxylic acids is 1. The zero-order valence-corrected chi connectivity index (χ0v) is 14.8. The van der Waals surface area contributed by atoms with E-state index in [0.717, 1.165) is 25.9 Å². The predicted octanol–water partition coefficient (Wildman–Crippen LogP) is 2.92. The summed E-state index contributed by atoms with van der Waals surface area (Å²) in [6.07, 6.45) is 1.95. The molecule has 7 heteroatoms. The van der Waals surface area contributed by atoms with Gasteiger partial charge in [0.15, 0.2) is 0 Å². The van der Waals surface area contributed by atoms with Crippen molar-refractivity contribution >= 4 is 23.3 Å². The van der Waals surface area contributed by atoms with Crippen molar-refractivity contribution in [1.82, 2.24) is 9.80 Å². The van der Waals surface area contributed by atoms with Crippen LogP contribution >= 0.6 is 11.6 Å². The third-order valence-electron chi connectivity index (χ3n) is 4.27. The van der Waals surface area contributed by atoms with Gasteiger partial charge in [-0.1, -0.05) is 11.6 Å². The quantitative estimate of drug-likeness (QED) is 0.915. The van der Waals surface area contributed by atoms with Gasteiger partial charge < -0.3 is 24.6 Å². The Morgan fingerprint density at radius 1 is 1.26 bits per heavy atom. The number of halogens is 1. The van der Waals surface area contributed by atoms with E-state index in [2.05, 4.69) is 17.3 Å². The number of benzene rings is 1. The minimum absolute atomic E-state index is 0.168. The molecule has 1 fully saturated rings. The summed E-state index contributed by atoms with van der Waals surface area (Å²) in [5.41, 5.74) is 0.531. The number of carbonyl (C=O) groups is 1. The van der Waals surface area contributed by atoms with Crippen molar-refractivity contribution in [2.75, 3.05) is 46.7 Å². The highest BCUT2D eigenvalue weighted by molar-refractivity contribution is 6.32. The first-order valence-corrected chi connectivity index (χ1v) is 7.98. The normalized spacial score (nSPS) is 16.0. The Bertz CT molecular complexity index is 560. The first-order valence-electron chi connectivity index (χ1n) is 7.60. The second kappa shape index (κ2) is 7.75. The third-order valence-corrected chi connectivity index (χ3v) is 4.57. The summed E-state index contributed by atoms with van der Waals surface area (Å²) in [7, 11) is 7.00. The van der Waals surface area contributed by atoms with Gasteiger partial charge in [0.1, 0.15) is 11.5 Å². The third kappa shape index (κ3) is 4.20. The summed E-state index contributed by atoms with van der Waals surface area (Å²) in [6.45, 7) is 2.00. The Balaban J connectivity index is 2.08. The fraction of sp³-hybridized carbons (Fsp3) is 0.562. The molecule has 1 aliphatic heterocycles. The number of ether oxygens (including phenoxy) is 2. The first kappa shape index (κ1) is 17.7. The Kier molecular flexibility index (Phi) is 5.96. The molecule has 0 bridgehead atoms. The van der Waals surface area contributed by atoms with Crippen molar-refractivity contribution in [2.45, 2.75) is 18.9 Å². The maximum atomic E-state index is 12.5. The Hall–Kier alpha value is -1.66. The number of nitrogens with zero attached hydrogens (tertiary/aromatic N) is 2. The molecule has 128 valence electrons. The van der Waals surface area contributed by atoms with E-state index in [1.165, 1.54) is 7.11 Å². The Morgan fingerprint density at radius 2 is 1.87 bits per heavy atom. The highest BCUT2D eigenvalue weighted by Crippen LogP contribution is 2.36.